The first-order valence-corrected chi connectivity index (χ1v) is 9.29. The molecule has 0 aromatic carbocycles. The molecule has 1 fully saturated rings. The fraction of sp³-hybridized carbons (Fsp3) is 0.571. The first kappa shape index (κ1) is 17.5. The summed E-state index contributed by atoms with van der Waals surface area (Å²) in [6.07, 6.45) is 2.90. The molecule has 25 heavy (non-hydrogen) atoms. The van der Waals surface area contributed by atoms with Crippen LogP contribution >= 0.6 is 0 Å². The van der Waals surface area contributed by atoms with Crippen molar-refractivity contribution in [2.45, 2.75) is 38.1 Å². The monoisotopic (exact) mass is 369 g/mol. The smallest absolute Gasteiger partial charge is 0.358 e. The third kappa shape index (κ3) is 3.42. The van der Waals surface area contributed by atoms with E-state index in [9.17, 15) is 13.2 Å². The van der Waals surface area contributed by atoms with Crippen molar-refractivity contribution in [3.63, 3.8) is 0 Å². The van der Waals surface area contributed by atoms with Crippen molar-refractivity contribution >= 4 is 16.0 Å². The molecule has 0 radical (unpaired) electrons. The Bertz CT molecular complexity index is 868. The number of hydrogen-bond acceptors (Lipinski definition) is 7. The van der Waals surface area contributed by atoms with Gasteiger partial charge in [-0.2, -0.15) is 4.31 Å². The first-order valence-electron chi connectivity index (χ1n) is 7.85. The summed E-state index contributed by atoms with van der Waals surface area (Å²) < 4.78 is 33.7. The Hall–Kier alpha value is -2.27. The molecule has 1 N–H and O–H groups in total. The predicted octanol–water partition coefficient (Wildman–Crippen LogP) is 0.682. The molecule has 136 valence electrons. The molecule has 11 heteroatoms. The zero-order valence-electron chi connectivity index (χ0n) is 13.9. The zero-order valence-corrected chi connectivity index (χ0v) is 14.7. The maximum atomic E-state index is 12.9. The van der Waals surface area contributed by atoms with Gasteiger partial charge in [0.05, 0.1) is 6.20 Å². The summed E-state index contributed by atoms with van der Waals surface area (Å²) in [5.41, 5.74) is 0.220. The molecule has 1 atom stereocenters. The van der Waals surface area contributed by atoms with Crippen LogP contribution < -0.4 is 0 Å². The molecule has 0 bridgehead atoms. The van der Waals surface area contributed by atoms with Crippen molar-refractivity contribution in [1.82, 2.24) is 24.5 Å². The summed E-state index contributed by atoms with van der Waals surface area (Å²) in [6, 6.07) is 0. The van der Waals surface area contributed by atoms with Crippen molar-refractivity contribution in [1.29, 1.82) is 0 Å². The van der Waals surface area contributed by atoms with E-state index in [1.807, 2.05) is 0 Å². The minimum Gasteiger partial charge on any atom is -0.476 e. The van der Waals surface area contributed by atoms with Crippen LogP contribution in [-0.2, 0) is 16.6 Å². The van der Waals surface area contributed by atoms with Gasteiger partial charge in [0, 0.05) is 19.6 Å². The van der Waals surface area contributed by atoms with Crippen LogP contribution in [0.15, 0.2) is 15.6 Å². The molecule has 0 saturated carbocycles. The average Bonchev–Trinajstić information content (AvgIpc) is 3.15. The Morgan fingerprint density at radius 1 is 1.44 bits per heavy atom. The van der Waals surface area contributed by atoms with Crippen LogP contribution in [-0.4, -0.2) is 57.0 Å². The maximum absolute atomic E-state index is 12.9. The quantitative estimate of drug-likeness (QED) is 0.814. The van der Waals surface area contributed by atoms with Crippen LogP contribution in [0.3, 0.4) is 0 Å². The number of hydrogen-bond donors (Lipinski definition) is 1. The second-order valence-electron chi connectivity index (χ2n) is 6.16. The number of piperidine rings is 1. The van der Waals surface area contributed by atoms with Crippen molar-refractivity contribution in [3.8, 4) is 0 Å². The van der Waals surface area contributed by atoms with Gasteiger partial charge in [-0.15, -0.1) is 5.10 Å². The Balaban J connectivity index is 1.75. The van der Waals surface area contributed by atoms with E-state index < -0.39 is 16.0 Å². The lowest BCUT2D eigenvalue weighted by Crippen LogP contribution is -2.41. The molecular weight excluding hydrogens is 350 g/mol. The zero-order chi connectivity index (χ0) is 18.2. The summed E-state index contributed by atoms with van der Waals surface area (Å²) in [7, 11) is -3.68. The molecule has 0 amide bonds. The van der Waals surface area contributed by atoms with E-state index in [2.05, 4.69) is 15.5 Å². The molecule has 3 rings (SSSR count). The molecule has 1 aliphatic heterocycles. The summed E-state index contributed by atoms with van der Waals surface area (Å²) in [5, 5.41) is 20.0. The molecule has 1 saturated heterocycles. The van der Waals surface area contributed by atoms with E-state index in [1.54, 1.807) is 13.8 Å². The summed E-state index contributed by atoms with van der Waals surface area (Å²) in [6.45, 7) is 4.36. The molecule has 2 aromatic heterocycles. The summed E-state index contributed by atoms with van der Waals surface area (Å²) in [5.74, 6) is -0.841. The standard InChI is InChI=1S/C14H19N5O5S/c1-9-13(10(2)24-16-9)25(22,23)19-5-3-4-11(7-19)6-18-8-12(14(20)21)15-17-18/h8,11H,3-7H2,1-2H3,(H,20,21). The van der Waals surface area contributed by atoms with Crippen molar-refractivity contribution < 1.29 is 22.8 Å². The van der Waals surface area contributed by atoms with Gasteiger partial charge in [0.15, 0.2) is 11.5 Å². The third-order valence-corrected chi connectivity index (χ3v) is 6.36. The fourth-order valence-electron chi connectivity index (χ4n) is 3.12. The van der Waals surface area contributed by atoms with Gasteiger partial charge in [0.2, 0.25) is 10.0 Å². The summed E-state index contributed by atoms with van der Waals surface area (Å²) in [4.78, 5) is 11.0. The Morgan fingerprint density at radius 3 is 2.80 bits per heavy atom. The minimum absolute atomic E-state index is 0.0207. The molecular formula is C14H19N5O5S. The second kappa shape index (κ2) is 6.56. The second-order valence-corrected chi connectivity index (χ2v) is 8.03. The Labute approximate surface area is 144 Å². The normalized spacial score (nSPS) is 19.2. The molecule has 0 spiro atoms. The highest BCUT2D eigenvalue weighted by Gasteiger charge is 2.34. The Morgan fingerprint density at radius 2 is 2.20 bits per heavy atom. The van der Waals surface area contributed by atoms with Crippen LogP contribution in [0.5, 0.6) is 0 Å². The topological polar surface area (TPSA) is 131 Å². The lowest BCUT2D eigenvalue weighted by molar-refractivity contribution is 0.0690. The van der Waals surface area contributed by atoms with Gasteiger partial charge in [0.1, 0.15) is 10.6 Å². The van der Waals surface area contributed by atoms with Gasteiger partial charge in [-0.05, 0) is 32.6 Å². The molecule has 3 heterocycles. The van der Waals surface area contributed by atoms with E-state index in [4.69, 9.17) is 9.63 Å². The van der Waals surface area contributed by atoms with Crippen molar-refractivity contribution in [2.75, 3.05) is 13.1 Å². The van der Waals surface area contributed by atoms with Gasteiger partial charge in [0.25, 0.3) is 0 Å². The number of carboxylic acid groups (broad SMARTS) is 1. The van der Waals surface area contributed by atoms with E-state index in [1.165, 1.54) is 15.2 Å². The van der Waals surface area contributed by atoms with Gasteiger partial charge in [-0.1, -0.05) is 10.4 Å². The molecule has 10 nitrogen and oxygen atoms in total. The number of carbonyl (C=O) groups is 1. The number of sulfonamides is 1. The van der Waals surface area contributed by atoms with E-state index in [-0.39, 0.29) is 22.3 Å². The SMILES string of the molecule is Cc1noc(C)c1S(=O)(=O)N1CCCC(Cn2cc(C(=O)O)nn2)C1. The molecule has 0 aliphatic carbocycles. The predicted molar refractivity (Wildman–Crippen MR) is 84.4 cm³/mol. The largest absolute Gasteiger partial charge is 0.476 e. The number of nitrogens with zero attached hydrogens (tertiary/aromatic N) is 5. The highest BCUT2D eigenvalue weighted by molar-refractivity contribution is 7.89. The number of aromatic carboxylic acids is 1. The lowest BCUT2D eigenvalue weighted by Gasteiger charge is -2.31. The molecule has 1 aliphatic rings. The van der Waals surface area contributed by atoms with Crippen LogP contribution in [0.1, 0.15) is 34.8 Å². The van der Waals surface area contributed by atoms with E-state index in [0.29, 0.717) is 31.7 Å². The average molecular weight is 369 g/mol. The highest BCUT2D eigenvalue weighted by atomic mass is 32.2. The highest BCUT2D eigenvalue weighted by Crippen LogP contribution is 2.28. The van der Waals surface area contributed by atoms with Gasteiger partial charge in [-0.3, -0.25) is 4.68 Å². The molecule has 1 unspecified atom stereocenters. The van der Waals surface area contributed by atoms with Crippen LogP contribution in [0.4, 0.5) is 0 Å². The van der Waals surface area contributed by atoms with Crippen molar-refractivity contribution in [3.05, 3.63) is 23.3 Å². The third-order valence-electron chi connectivity index (χ3n) is 4.25. The van der Waals surface area contributed by atoms with Gasteiger partial charge < -0.3 is 9.63 Å². The van der Waals surface area contributed by atoms with Crippen LogP contribution in [0, 0.1) is 19.8 Å². The summed E-state index contributed by atoms with van der Waals surface area (Å²) >= 11 is 0. The van der Waals surface area contributed by atoms with Gasteiger partial charge >= 0.3 is 5.97 Å². The number of rotatable bonds is 5. The van der Waals surface area contributed by atoms with Crippen LogP contribution in [0.25, 0.3) is 0 Å². The molecule has 2 aromatic rings. The number of aromatic nitrogens is 4. The van der Waals surface area contributed by atoms with E-state index >= 15 is 0 Å². The number of aryl methyl sites for hydroxylation is 2. The van der Waals surface area contributed by atoms with Crippen molar-refractivity contribution in [2.24, 2.45) is 5.92 Å². The van der Waals surface area contributed by atoms with Gasteiger partial charge in [-0.25, -0.2) is 13.2 Å². The maximum Gasteiger partial charge on any atom is 0.358 e. The van der Waals surface area contributed by atoms with E-state index in [0.717, 1.165) is 6.42 Å². The first-order chi connectivity index (χ1) is 11.8. The minimum atomic E-state index is -3.68. The Kier molecular flexibility index (Phi) is 4.60. The number of carboxylic acids is 1. The lowest BCUT2D eigenvalue weighted by atomic mass is 10.00. The van der Waals surface area contributed by atoms with Crippen LogP contribution in [0.2, 0.25) is 0 Å². The fourth-order valence-corrected chi connectivity index (χ4v) is 4.96.